The van der Waals surface area contributed by atoms with Crippen LogP contribution in [0.5, 0.6) is 0 Å². The van der Waals surface area contributed by atoms with Crippen LogP contribution in [0.3, 0.4) is 0 Å². The summed E-state index contributed by atoms with van der Waals surface area (Å²) < 4.78 is 5.70. The topological polar surface area (TPSA) is 92.6 Å². The van der Waals surface area contributed by atoms with Gasteiger partial charge in [-0.15, -0.1) is 0 Å². The Morgan fingerprint density at radius 2 is 1.39 bits per heavy atom. The number of benzene rings is 1. The fourth-order valence-electron chi connectivity index (χ4n) is 3.76. The van der Waals surface area contributed by atoms with Gasteiger partial charge in [0.05, 0.1) is 0 Å². The van der Waals surface area contributed by atoms with Gasteiger partial charge in [0.2, 0.25) is 0 Å². The Kier molecular flexibility index (Phi) is 13.3. The molecule has 0 amide bonds. The number of ether oxygens (including phenoxy) is 1. The fraction of sp³-hybridized carbons (Fsp3) is 0.536. The Morgan fingerprint density at radius 1 is 0.848 bits per heavy atom. The molecule has 0 aliphatic carbocycles. The molecule has 0 spiro atoms. The van der Waals surface area contributed by atoms with E-state index in [1.165, 1.54) is 64.5 Å². The van der Waals surface area contributed by atoms with E-state index in [1.54, 1.807) is 12.1 Å². The first kappa shape index (κ1) is 28.0. The largest absolute Gasteiger partial charge is 0.480 e. The maximum atomic E-state index is 9.40. The summed E-state index contributed by atoms with van der Waals surface area (Å²) in [4.78, 5) is 0. The minimum Gasteiger partial charge on any atom is -0.480 e. The third-order valence-corrected chi connectivity index (χ3v) is 5.48. The Balaban J connectivity index is 0.000000366. The van der Waals surface area contributed by atoms with E-state index in [0.717, 1.165) is 5.56 Å². The van der Waals surface area contributed by atoms with Crippen molar-refractivity contribution in [1.29, 1.82) is 15.8 Å². The van der Waals surface area contributed by atoms with Crippen molar-refractivity contribution in [2.75, 3.05) is 13.1 Å². The average molecular weight is 447 g/mol. The van der Waals surface area contributed by atoms with E-state index in [9.17, 15) is 5.26 Å². The molecule has 0 bridgehead atoms. The predicted octanol–water partition coefficient (Wildman–Crippen LogP) is 6.81. The summed E-state index contributed by atoms with van der Waals surface area (Å²) in [6.45, 7) is 10.6. The van der Waals surface area contributed by atoms with E-state index in [-0.39, 0.29) is 16.9 Å². The van der Waals surface area contributed by atoms with Crippen LogP contribution in [0.1, 0.15) is 84.6 Å². The number of nitrogens with zero attached hydrogens (tertiary/aromatic N) is 3. The molecule has 33 heavy (non-hydrogen) atoms. The van der Waals surface area contributed by atoms with Crippen LogP contribution in [-0.4, -0.2) is 18.7 Å². The van der Waals surface area contributed by atoms with Gasteiger partial charge in [-0.2, -0.15) is 15.8 Å². The first-order valence-corrected chi connectivity index (χ1v) is 12.1. The maximum absolute atomic E-state index is 9.40. The zero-order chi connectivity index (χ0) is 24.5. The molecule has 5 nitrogen and oxygen atoms in total. The van der Waals surface area contributed by atoms with Crippen LogP contribution < -0.4 is 5.32 Å². The minimum atomic E-state index is -0.763. The van der Waals surface area contributed by atoms with Crippen LogP contribution in [0.25, 0.3) is 5.57 Å². The van der Waals surface area contributed by atoms with Crippen LogP contribution >= 0.6 is 0 Å². The zero-order valence-electron chi connectivity index (χ0n) is 20.7. The summed E-state index contributed by atoms with van der Waals surface area (Å²) in [5, 5.41) is 30.9. The van der Waals surface area contributed by atoms with Gasteiger partial charge >= 0.3 is 0 Å². The van der Waals surface area contributed by atoms with Crippen molar-refractivity contribution in [3.8, 4) is 18.2 Å². The molecule has 2 rings (SSSR count). The molecule has 0 radical (unpaired) electrons. The first-order chi connectivity index (χ1) is 16.0. The number of hydrogen-bond acceptors (Lipinski definition) is 5. The highest BCUT2D eigenvalue weighted by atomic mass is 16.5. The second-order valence-electron chi connectivity index (χ2n) is 8.64. The Morgan fingerprint density at radius 3 is 1.85 bits per heavy atom. The number of unbranched alkanes of at least 4 members (excludes halogenated alkanes) is 6. The molecule has 0 saturated carbocycles. The normalized spacial score (nSPS) is 13.8. The number of allylic oxidation sites excluding steroid dienone is 2. The van der Waals surface area contributed by atoms with Crippen LogP contribution in [0.2, 0.25) is 0 Å². The molecule has 0 unspecified atom stereocenters. The van der Waals surface area contributed by atoms with Gasteiger partial charge in [0.1, 0.15) is 29.4 Å². The molecule has 1 N–H and O–H groups in total. The summed E-state index contributed by atoms with van der Waals surface area (Å²) in [7, 11) is 0. The van der Waals surface area contributed by atoms with Gasteiger partial charge in [-0.25, -0.2) is 0 Å². The van der Waals surface area contributed by atoms with E-state index in [2.05, 4.69) is 25.2 Å². The Bertz CT molecular complexity index is 882. The van der Waals surface area contributed by atoms with Crippen molar-refractivity contribution in [1.82, 2.24) is 5.32 Å². The highest BCUT2D eigenvalue weighted by molar-refractivity contribution is 5.84. The number of hydrogen-bond donors (Lipinski definition) is 1. The highest BCUT2D eigenvalue weighted by Crippen LogP contribution is 2.44. The van der Waals surface area contributed by atoms with Crippen molar-refractivity contribution in [2.45, 2.75) is 84.7 Å². The SMILES string of the molecule is CC1(C)OC(=C(C#N)C#N)C(C#N)=C1c1ccccc1.CCCCCCNCCCCCC. The van der Waals surface area contributed by atoms with E-state index >= 15 is 0 Å². The zero-order valence-corrected chi connectivity index (χ0v) is 20.7. The van der Waals surface area contributed by atoms with Gasteiger partial charge in [0.15, 0.2) is 11.3 Å². The molecule has 1 aliphatic rings. The molecule has 1 aliphatic heterocycles. The van der Waals surface area contributed by atoms with Gasteiger partial charge in [-0.1, -0.05) is 82.7 Å². The summed E-state index contributed by atoms with van der Waals surface area (Å²) in [5.74, 6) is 0.0707. The molecule has 0 atom stereocenters. The second kappa shape index (κ2) is 15.7. The molecular weight excluding hydrogens is 408 g/mol. The third-order valence-electron chi connectivity index (χ3n) is 5.48. The smallest absolute Gasteiger partial charge is 0.172 e. The number of nitriles is 3. The van der Waals surface area contributed by atoms with Crippen LogP contribution in [0.4, 0.5) is 0 Å². The lowest BCUT2D eigenvalue weighted by Crippen LogP contribution is -2.20. The third kappa shape index (κ3) is 9.13. The Labute approximate surface area is 200 Å². The van der Waals surface area contributed by atoms with Crippen LogP contribution in [0.15, 0.2) is 47.2 Å². The van der Waals surface area contributed by atoms with Gasteiger partial charge < -0.3 is 10.1 Å². The monoisotopic (exact) mass is 446 g/mol. The van der Waals surface area contributed by atoms with Crippen LogP contribution in [0, 0.1) is 34.0 Å². The lowest BCUT2D eigenvalue weighted by atomic mass is 9.89. The average Bonchev–Trinajstić information content (AvgIpc) is 3.10. The van der Waals surface area contributed by atoms with Gasteiger partial charge in [0.25, 0.3) is 0 Å². The molecule has 0 fully saturated rings. The summed E-state index contributed by atoms with van der Waals surface area (Å²) in [5.41, 5.74) is 0.846. The van der Waals surface area contributed by atoms with Gasteiger partial charge in [-0.3, -0.25) is 0 Å². The first-order valence-electron chi connectivity index (χ1n) is 12.1. The molecular formula is C28H38N4O. The quantitative estimate of drug-likeness (QED) is 0.298. The molecule has 1 aromatic carbocycles. The number of nitrogens with one attached hydrogen (secondary N) is 1. The van der Waals surface area contributed by atoms with E-state index in [4.69, 9.17) is 15.3 Å². The summed E-state index contributed by atoms with van der Waals surface area (Å²) >= 11 is 0. The highest BCUT2D eigenvalue weighted by Gasteiger charge is 2.40. The fourth-order valence-corrected chi connectivity index (χ4v) is 3.76. The van der Waals surface area contributed by atoms with Gasteiger partial charge in [0, 0.05) is 5.57 Å². The van der Waals surface area contributed by atoms with Crippen molar-refractivity contribution >= 4 is 5.57 Å². The van der Waals surface area contributed by atoms with Gasteiger partial charge in [-0.05, 0) is 45.3 Å². The van der Waals surface area contributed by atoms with Crippen LogP contribution in [-0.2, 0) is 4.74 Å². The summed E-state index contributed by atoms with van der Waals surface area (Å²) in [6.07, 6.45) is 11.0. The van der Waals surface area contributed by atoms with Crippen molar-refractivity contribution in [3.63, 3.8) is 0 Å². The van der Waals surface area contributed by atoms with E-state index in [0.29, 0.717) is 5.57 Å². The Hall–Kier alpha value is -3.07. The second-order valence-corrected chi connectivity index (χ2v) is 8.64. The minimum absolute atomic E-state index is 0.0707. The maximum Gasteiger partial charge on any atom is 0.172 e. The molecule has 0 saturated heterocycles. The summed E-state index contributed by atoms with van der Waals surface area (Å²) in [6, 6.07) is 15.0. The molecule has 1 heterocycles. The molecule has 1 aromatic rings. The lowest BCUT2D eigenvalue weighted by molar-refractivity contribution is 0.109. The van der Waals surface area contributed by atoms with E-state index < -0.39 is 5.60 Å². The van der Waals surface area contributed by atoms with Crippen molar-refractivity contribution in [2.24, 2.45) is 0 Å². The van der Waals surface area contributed by atoms with Crippen molar-refractivity contribution in [3.05, 3.63) is 52.8 Å². The predicted molar refractivity (Wildman–Crippen MR) is 134 cm³/mol. The standard InChI is InChI=1S/C16H11N3O.C12H27N/c1-16(2)14(11-6-4-3-5-7-11)13(10-19)15(20-16)12(8-17)9-18;1-3-5-7-9-11-13-12-10-8-6-4-2/h3-7H,1-2H3;13H,3-12H2,1-2H3. The van der Waals surface area contributed by atoms with E-state index in [1.807, 2.05) is 44.2 Å². The number of rotatable bonds is 11. The molecule has 0 aromatic heterocycles. The molecule has 176 valence electrons. The molecule has 5 heteroatoms. The lowest BCUT2D eigenvalue weighted by Gasteiger charge is -2.22. The van der Waals surface area contributed by atoms with Crippen molar-refractivity contribution < 1.29 is 4.74 Å².